The van der Waals surface area contributed by atoms with Crippen LogP contribution in [0.25, 0.3) is 0 Å². The molecule has 0 fully saturated rings. The van der Waals surface area contributed by atoms with Crippen molar-refractivity contribution in [2.24, 2.45) is 0 Å². The van der Waals surface area contributed by atoms with Crippen LogP contribution >= 0.6 is 0 Å². The monoisotopic (exact) mass is 312 g/mol. The molecule has 0 aromatic heterocycles. The first-order valence-corrected chi connectivity index (χ1v) is 6.72. The number of Topliss-reactive ketones (excluding diaryl/α,β-unsaturated/α-hetero) is 2. The molecule has 0 heterocycles. The van der Waals surface area contributed by atoms with E-state index in [1.165, 1.54) is 25.3 Å². The van der Waals surface area contributed by atoms with Gasteiger partial charge < -0.3 is 14.9 Å². The van der Waals surface area contributed by atoms with Gasteiger partial charge in [-0.25, -0.2) is 0 Å². The van der Waals surface area contributed by atoms with Crippen molar-refractivity contribution >= 4 is 17.9 Å². The highest BCUT2D eigenvalue weighted by Gasteiger charge is 2.54. The zero-order valence-electron chi connectivity index (χ0n) is 12.1. The summed E-state index contributed by atoms with van der Waals surface area (Å²) in [4.78, 5) is 36.2. The number of phenols is 1. The SMILES string of the molecule is COc1cc(C=O)cc(C2(O)C(=O)c3ccccc3C2=O)c1O. The number of methoxy groups -OCH3 is 1. The predicted molar refractivity (Wildman–Crippen MR) is 79.0 cm³/mol. The molecule has 0 saturated heterocycles. The predicted octanol–water partition coefficient (Wildman–Crippen LogP) is 1.48. The maximum atomic E-state index is 12.6. The lowest BCUT2D eigenvalue weighted by atomic mass is 9.87. The van der Waals surface area contributed by atoms with Gasteiger partial charge in [0.1, 0.15) is 6.29 Å². The van der Waals surface area contributed by atoms with E-state index in [1.54, 1.807) is 12.1 Å². The minimum absolute atomic E-state index is 0.0552. The molecule has 3 rings (SSSR count). The quantitative estimate of drug-likeness (QED) is 0.657. The molecule has 23 heavy (non-hydrogen) atoms. The van der Waals surface area contributed by atoms with E-state index in [1.807, 2.05) is 0 Å². The zero-order chi connectivity index (χ0) is 16.8. The number of aromatic hydroxyl groups is 1. The highest BCUT2D eigenvalue weighted by atomic mass is 16.5. The van der Waals surface area contributed by atoms with Crippen LogP contribution in [0.15, 0.2) is 36.4 Å². The summed E-state index contributed by atoms with van der Waals surface area (Å²) in [5.41, 5.74) is -2.77. The second-order valence-corrected chi connectivity index (χ2v) is 5.15. The number of benzene rings is 2. The molecule has 0 saturated carbocycles. The van der Waals surface area contributed by atoms with Crippen molar-refractivity contribution in [1.29, 1.82) is 0 Å². The number of hydrogen-bond acceptors (Lipinski definition) is 6. The number of aliphatic hydroxyl groups is 1. The summed E-state index contributed by atoms with van der Waals surface area (Å²) >= 11 is 0. The molecule has 1 aliphatic rings. The number of ketones is 2. The van der Waals surface area contributed by atoms with Gasteiger partial charge in [0.15, 0.2) is 11.5 Å². The number of carbonyl (C=O) groups is 3. The second kappa shape index (κ2) is 5.03. The van der Waals surface area contributed by atoms with Crippen LogP contribution in [0.2, 0.25) is 0 Å². The maximum absolute atomic E-state index is 12.6. The van der Waals surface area contributed by atoms with Crippen molar-refractivity contribution in [3.63, 3.8) is 0 Å². The Morgan fingerprint density at radius 1 is 1.09 bits per heavy atom. The smallest absolute Gasteiger partial charge is 0.220 e. The fourth-order valence-corrected chi connectivity index (χ4v) is 2.75. The Hall–Kier alpha value is -2.99. The normalized spacial score (nSPS) is 15.4. The lowest BCUT2D eigenvalue weighted by molar-refractivity contribution is 0.0311. The summed E-state index contributed by atoms with van der Waals surface area (Å²) in [5, 5.41) is 21.1. The molecule has 2 aromatic rings. The molecule has 0 bridgehead atoms. The first kappa shape index (κ1) is 14.9. The van der Waals surface area contributed by atoms with E-state index >= 15 is 0 Å². The lowest BCUT2D eigenvalue weighted by Gasteiger charge is -2.22. The molecule has 0 unspecified atom stereocenters. The molecule has 0 spiro atoms. The van der Waals surface area contributed by atoms with Crippen LogP contribution in [0, 0.1) is 0 Å². The molecule has 6 heteroatoms. The molecule has 0 aliphatic heterocycles. The highest BCUT2D eigenvalue weighted by molar-refractivity contribution is 6.32. The van der Waals surface area contributed by atoms with Gasteiger partial charge in [0.2, 0.25) is 17.2 Å². The van der Waals surface area contributed by atoms with Crippen molar-refractivity contribution in [2.45, 2.75) is 5.60 Å². The van der Waals surface area contributed by atoms with Crippen LogP contribution in [0.4, 0.5) is 0 Å². The van der Waals surface area contributed by atoms with Gasteiger partial charge >= 0.3 is 0 Å². The lowest BCUT2D eigenvalue weighted by Crippen LogP contribution is -2.38. The first-order chi connectivity index (χ1) is 10.9. The van der Waals surface area contributed by atoms with Gasteiger partial charge in [0, 0.05) is 22.3 Å². The average molecular weight is 312 g/mol. The number of aldehydes is 1. The Kier molecular flexibility index (Phi) is 3.26. The molecule has 0 radical (unpaired) electrons. The third-order valence-electron chi connectivity index (χ3n) is 3.92. The summed E-state index contributed by atoms with van der Waals surface area (Å²) in [7, 11) is 1.25. The largest absolute Gasteiger partial charge is 0.504 e. The van der Waals surface area contributed by atoms with Crippen LogP contribution < -0.4 is 4.74 Å². The third-order valence-corrected chi connectivity index (χ3v) is 3.92. The maximum Gasteiger partial charge on any atom is 0.220 e. The molecule has 2 N–H and O–H groups in total. The minimum Gasteiger partial charge on any atom is -0.504 e. The zero-order valence-corrected chi connectivity index (χ0v) is 12.1. The topological polar surface area (TPSA) is 101 Å². The number of fused-ring (bicyclic) bond motifs is 1. The number of ether oxygens (including phenoxy) is 1. The molecule has 6 nitrogen and oxygen atoms in total. The van der Waals surface area contributed by atoms with E-state index in [0.717, 1.165) is 6.07 Å². The summed E-state index contributed by atoms with van der Waals surface area (Å²) in [6, 6.07) is 8.33. The van der Waals surface area contributed by atoms with Crippen molar-refractivity contribution < 1.29 is 29.3 Å². The first-order valence-electron chi connectivity index (χ1n) is 6.72. The number of hydrogen-bond donors (Lipinski definition) is 2. The van der Waals surface area contributed by atoms with Gasteiger partial charge in [-0.1, -0.05) is 24.3 Å². The Morgan fingerprint density at radius 2 is 1.65 bits per heavy atom. The van der Waals surface area contributed by atoms with Crippen LogP contribution in [0.3, 0.4) is 0 Å². The third kappa shape index (κ3) is 1.89. The van der Waals surface area contributed by atoms with Gasteiger partial charge in [0.25, 0.3) is 0 Å². The van der Waals surface area contributed by atoms with E-state index in [2.05, 4.69) is 0 Å². The summed E-state index contributed by atoms with van der Waals surface area (Å²) in [6.07, 6.45) is 0.464. The van der Waals surface area contributed by atoms with E-state index in [-0.39, 0.29) is 28.0 Å². The van der Waals surface area contributed by atoms with Crippen LogP contribution in [0.5, 0.6) is 11.5 Å². The summed E-state index contributed by atoms with van der Waals surface area (Å²) in [5.74, 6) is -2.37. The van der Waals surface area contributed by atoms with Crippen molar-refractivity contribution in [3.8, 4) is 11.5 Å². The Morgan fingerprint density at radius 3 is 2.13 bits per heavy atom. The van der Waals surface area contributed by atoms with E-state index < -0.39 is 22.9 Å². The van der Waals surface area contributed by atoms with Crippen LogP contribution in [-0.4, -0.2) is 35.2 Å². The summed E-state index contributed by atoms with van der Waals surface area (Å²) < 4.78 is 4.94. The Balaban J connectivity index is 2.29. The molecular formula is C17H12O6. The molecule has 0 amide bonds. The van der Waals surface area contributed by atoms with Crippen molar-refractivity contribution in [2.75, 3.05) is 7.11 Å². The van der Waals surface area contributed by atoms with Crippen molar-refractivity contribution in [1.82, 2.24) is 0 Å². The van der Waals surface area contributed by atoms with Crippen LogP contribution in [0.1, 0.15) is 36.6 Å². The van der Waals surface area contributed by atoms with Gasteiger partial charge in [-0.3, -0.25) is 14.4 Å². The second-order valence-electron chi connectivity index (χ2n) is 5.15. The van der Waals surface area contributed by atoms with Gasteiger partial charge in [-0.15, -0.1) is 0 Å². The standard InChI is InChI=1S/C17H12O6/c1-23-13-7-9(8-18)6-12(14(13)19)17(22)15(20)10-4-2-3-5-11(10)16(17)21/h2-8,19,22H,1H3. The van der Waals surface area contributed by atoms with Gasteiger partial charge in [-0.2, -0.15) is 0 Å². The molecule has 2 aromatic carbocycles. The van der Waals surface area contributed by atoms with Crippen molar-refractivity contribution in [3.05, 3.63) is 58.7 Å². The number of carbonyl (C=O) groups excluding carboxylic acids is 3. The minimum atomic E-state index is -2.58. The van der Waals surface area contributed by atoms with Gasteiger partial charge in [0.05, 0.1) is 7.11 Å². The number of phenolic OH excluding ortho intramolecular Hbond substituents is 1. The van der Waals surface area contributed by atoms with E-state index in [9.17, 15) is 24.6 Å². The fraction of sp³-hybridized carbons (Fsp3) is 0.118. The van der Waals surface area contributed by atoms with E-state index in [4.69, 9.17) is 4.74 Å². The average Bonchev–Trinajstić information content (AvgIpc) is 2.78. The van der Waals surface area contributed by atoms with E-state index in [0.29, 0.717) is 6.29 Å². The Bertz CT molecular complexity index is 817. The van der Waals surface area contributed by atoms with Crippen LogP contribution in [-0.2, 0) is 5.60 Å². The molecular weight excluding hydrogens is 300 g/mol. The molecule has 116 valence electrons. The number of rotatable bonds is 3. The fourth-order valence-electron chi connectivity index (χ4n) is 2.75. The molecule has 0 atom stereocenters. The van der Waals surface area contributed by atoms with Gasteiger partial charge in [-0.05, 0) is 12.1 Å². The summed E-state index contributed by atoms with van der Waals surface area (Å²) in [6.45, 7) is 0. The molecule has 1 aliphatic carbocycles. The highest BCUT2D eigenvalue weighted by Crippen LogP contribution is 2.44. The Labute approximate surface area is 130 Å².